The number of hydrogen-bond acceptors (Lipinski definition) is 2. The van der Waals surface area contributed by atoms with Gasteiger partial charge >= 0.3 is 6.18 Å². The fraction of sp³-hybridized carbons (Fsp3) is 1.00. The highest BCUT2D eigenvalue weighted by Crippen LogP contribution is 2.28. The van der Waals surface area contributed by atoms with Crippen molar-refractivity contribution >= 4 is 0 Å². The third-order valence-electron chi connectivity index (χ3n) is 3.13. The first kappa shape index (κ1) is 12.8. The number of rotatable bonds is 2. The molecule has 3 atom stereocenters. The lowest BCUT2D eigenvalue weighted by Crippen LogP contribution is -2.51. The van der Waals surface area contributed by atoms with Crippen molar-refractivity contribution in [1.82, 2.24) is 4.90 Å². The molecule has 1 rings (SSSR count). The van der Waals surface area contributed by atoms with Crippen molar-refractivity contribution in [1.29, 1.82) is 0 Å². The first-order chi connectivity index (χ1) is 6.79. The van der Waals surface area contributed by atoms with E-state index in [9.17, 15) is 13.2 Å². The second-order valence-electron chi connectivity index (χ2n) is 4.68. The predicted molar refractivity (Wildman–Crippen MR) is 53.5 cm³/mol. The smallest absolute Gasteiger partial charge is 0.326 e. The number of likely N-dealkylation sites (N-methyl/N-ethyl adjacent to an activating group) is 1. The summed E-state index contributed by atoms with van der Waals surface area (Å²) in [4.78, 5) is 1.35. The lowest BCUT2D eigenvalue weighted by atomic mass is 9.83. The van der Waals surface area contributed by atoms with Crippen molar-refractivity contribution < 1.29 is 13.2 Å². The molecule has 1 saturated carbocycles. The van der Waals surface area contributed by atoms with E-state index in [4.69, 9.17) is 5.73 Å². The average molecular weight is 224 g/mol. The Labute approximate surface area is 88.6 Å². The van der Waals surface area contributed by atoms with E-state index in [1.807, 2.05) is 0 Å². The van der Waals surface area contributed by atoms with Crippen molar-refractivity contribution in [3.05, 3.63) is 0 Å². The van der Waals surface area contributed by atoms with Crippen LogP contribution >= 0.6 is 0 Å². The van der Waals surface area contributed by atoms with Gasteiger partial charge in [0.05, 0.1) is 6.54 Å². The molecule has 90 valence electrons. The topological polar surface area (TPSA) is 29.3 Å². The van der Waals surface area contributed by atoms with E-state index in [1.165, 1.54) is 11.9 Å². The molecule has 0 aliphatic heterocycles. The van der Waals surface area contributed by atoms with E-state index in [0.29, 0.717) is 5.92 Å². The van der Waals surface area contributed by atoms with Crippen molar-refractivity contribution in [3.63, 3.8) is 0 Å². The van der Waals surface area contributed by atoms with Gasteiger partial charge in [-0.2, -0.15) is 13.2 Å². The molecule has 1 aliphatic carbocycles. The summed E-state index contributed by atoms with van der Waals surface area (Å²) in [6.07, 6.45) is -1.51. The van der Waals surface area contributed by atoms with Gasteiger partial charge in [-0.25, -0.2) is 0 Å². The summed E-state index contributed by atoms with van der Waals surface area (Å²) in [6.45, 7) is 1.21. The lowest BCUT2D eigenvalue weighted by Gasteiger charge is -2.38. The maximum atomic E-state index is 12.2. The Morgan fingerprint density at radius 3 is 2.47 bits per heavy atom. The van der Waals surface area contributed by atoms with Gasteiger partial charge in [0, 0.05) is 12.1 Å². The number of halogens is 3. The van der Waals surface area contributed by atoms with Crippen LogP contribution in [0.4, 0.5) is 13.2 Å². The van der Waals surface area contributed by atoms with Crippen molar-refractivity contribution in [2.24, 2.45) is 11.7 Å². The third-order valence-corrected chi connectivity index (χ3v) is 3.13. The molecule has 0 aromatic carbocycles. The van der Waals surface area contributed by atoms with Crippen LogP contribution < -0.4 is 5.73 Å². The van der Waals surface area contributed by atoms with E-state index in [0.717, 1.165) is 19.3 Å². The molecule has 0 aromatic rings. The van der Waals surface area contributed by atoms with Gasteiger partial charge in [0.2, 0.25) is 0 Å². The van der Waals surface area contributed by atoms with Crippen LogP contribution in [0.25, 0.3) is 0 Å². The van der Waals surface area contributed by atoms with E-state index in [-0.39, 0.29) is 12.1 Å². The fourth-order valence-electron chi connectivity index (χ4n) is 2.28. The van der Waals surface area contributed by atoms with Crippen LogP contribution in [0, 0.1) is 5.92 Å². The van der Waals surface area contributed by atoms with Crippen LogP contribution in [0.15, 0.2) is 0 Å². The lowest BCUT2D eigenvalue weighted by molar-refractivity contribution is -0.149. The van der Waals surface area contributed by atoms with Crippen LogP contribution in [-0.4, -0.2) is 36.8 Å². The average Bonchev–Trinajstić information content (AvgIpc) is 2.06. The number of alkyl halides is 3. The number of nitrogens with two attached hydrogens (primary N) is 1. The quantitative estimate of drug-likeness (QED) is 0.777. The standard InChI is InChI=1S/C10H19F3N2/c1-7-3-4-8(14)9(5-7)15(2)6-10(11,12)13/h7-9H,3-6,14H2,1-2H3. The predicted octanol–water partition coefficient (Wildman–Crippen LogP) is 2.00. The zero-order valence-corrected chi connectivity index (χ0v) is 9.22. The Hall–Kier alpha value is -0.290. The highest BCUT2D eigenvalue weighted by Gasteiger charge is 2.35. The Balaban J connectivity index is 2.53. The Morgan fingerprint density at radius 2 is 1.93 bits per heavy atom. The summed E-state index contributed by atoms with van der Waals surface area (Å²) in [5.41, 5.74) is 5.85. The minimum Gasteiger partial charge on any atom is -0.326 e. The molecular formula is C10H19F3N2. The molecule has 0 radical (unpaired) electrons. The summed E-state index contributed by atoms with van der Waals surface area (Å²) in [5.74, 6) is 0.477. The zero-order valence-electron chi connectivity index (χ0n) is 9.22. The third kappa shape index (κ3) is 3.99. The molecule has 0 bridgehead atoms. The summed E-state index contributed by atoms with van der Waals surface area (Å²) in [7, 11) is 1.51. The first-order valence-electron chi connectivity index (χ1n) is 5.32. The molecule has 0 heterocycles. The summed E-state index contributed by atoms with van der Waals surface area (Å²) >= 11 is 0. The summed E-state index contributed by atoms with van der Waals surface area (Å²) < 4.78 is 36.6. The number of nitrogens with zero attached hydrogens (tertiary/aromatic N) is 1. The molecule has 3 unspecified atom stereocenters. The number of hydrogen-bond donors (Lipinski definition) is 1. The van der Waals surface area contributed by atoms with Gasteiger partial charge in [-0.1, -0.05) is 6.92 Å². The van der Waals surface area contributed by atoms with E-state index >= 15 is 0 Å². The van der Waals surface area contributed by atoms with Crippen LogP contribution in [0.3, 0.4) is 0 Å². The zero-order chi connectivity index (χ0) is 11.6. The molecule has 2 N–H and O–H groups in total. The van der Waals surface area contributed by atoms with Crippen LogP contribution in [0.5, 0.6) is 0 Å². The van der Waals surface area contributed by atoms with Crippen LogP contribution in [0.2, 0.25) is 0 Å². The van der Waals surface area contributed by atoms with E-state index in [2.05, 4.69) is 6.92 Å². The minimum absolute atomic E-state index is 0.117. The molecular weight excluding hydrogens is 205 g/mol. The van der Waals surface area contributed by atoms with Crippen molar-refractivity contribution in [2.75, 3.05) is 13.6 Å². The minimum atomic E-state index is -4.13. The second-order valence-corrected chi connectivity index (χ2v) is 4.68. The maximum Gasteiger partial charge on any atom is 0.401 e. The van der Waals surface area contributed by atoms with Gasteiger partial charge in [-0.15, -0.1) is 0 Å². The molecule has 0 amide bonds. The highest BCUT2D eigenvalue weighted by atomic mass is 19.4. The van der Waals surface area contributed by atoms with Gasteiger partial charge in [0.1, 0.15) is 0 Å². The molecule has 1 fully saturated rings. The monoisotopic (exact) mass is 224 g/mol. The summed E-state index contributed by atoms with van der Waals surface area (Å²) in [5, 5.41) is 0. The molecule has 0 aromatic heterocycles. The van der Waals surface area contributed by atoms with Crippen LogP contribution in [-0.2, 0) is 0 Å². The Morgan fingerprint density at radius 1 is 1.33 bits per heavy atom. The molecule has 2 nitrogen and oxygen atoms in total. The molecule has 5 heteroatoms. The molecule has 15 heavy (non-hydrogen) atoms. The Kier molecular flexibility index (Phi) is 4.00. The van der Waals surface area contributed by atoms with Gasteiger partial charge in [-0.05, 0) is 32.2 Å². The molecule has 0 spiro atoms. The van der Waals surface area contributed by atoms with Crippen molar-refractivity contribution in [2.45, 2.75) is 44.4 Å². The SMILES string of the molecule is CC1CCC(N)C(N(C)CC(F)(F)F)C1. The largest absolute Gasteiger partial charge is 0.401 e. The molecule has 1 aliphatic rings. The van der Waals surface area contributed by atoms with E-state index < -0.39 is 12.7 Å². The molecule has 0 saturated heterocycles. The van der Waals surface area contributed by atoms with Gasteiger partial charge < -0.3 is 5.73 Å². The van der Waals surface area contributed by atoms with Gasteiger partial charge in [-0.3, -0.25) is 4.90 Å². The maximum absolute atomic E-state index is 12.2. The second kappa shape index (κ2) is 4.70. The van der Waals surface area contributed by atoms with Gasteiger partial charge in [0.15, 0.2) is 0 Å². The van der Waals surface area contributed by atoms with Gasteiger partial charge in [0.25, 0.3) is 0 Å². The first-order valence-corrected chi connectivity index (χ1v) is 5.32. The normalized spacial score (nSPS) is 33.4. The van der Waals surface area contributed by atoms with Crippen LogP contribution in [0.1, 0.15) is 26.2 Å². The van der Waals surface area contributed by atoms with E-state index in [1.54, 1.807) is 0 Å². The van der Waals surface area contributed by atoms with Crippen molar-refractivity contribution in [3.8, 4) is 0 Å². The highest BCUT2D eigenvalue weighted by molar-refractivity contribution is 4.87. The fourth-order valence-corrected chi connectivity index (χ4v) is 2.28. The summed E-state index contributed by atoms with van der Waals surface area (Å²) in [6, 6.07) is -0.246. The Bertz CT molecular complexity index is 205.